The lowest BCUT2D eigenvalue weighted by atomic mass is 10.0. The third-order valence-electron chi connectivity index (χ3n) is 10.4. The second-order valence-electron chi connectivity index (χ2n) is 15.3. The van der Waals surface area contributed by atoms with Crippen molar-refractivity contribution in [3.05, 3.63) is 12.2 Å². The topological polar surface area (TPSA) is 89.8 Å². The number of rotatable bonds is 40. The summed E-state index contributed by atoms with van der Waals surface area (Å²) in [6, 6.07) is -0.791. The van der Waals surface area contributed by atoms with E-state index in [0.717, 1.165) is 32.1 Å². The molecule has 292 valence electrons. The first-order valence-electron chi connectivity index (χ1n) is 22.0. The highest BCUT2D eigenvalue weighted by atomic mass is 16.3. The third kappa shape index (κ3) is 35.3. The molecular formula is C44H87NO4. The van der Waals surface area contributed by atoms with Crippen LogP contribution in [0.25, 0.3) is 0 Å². The zero-order valence-electron chi connectivity index (χ0n) is 33.1. The molecule has 0 aromatic rings. The molecular weight excluding hydrogens is 606 g/mol. The van der Waals surface area contributed by atoms with Gasteiger partial charge < -0.3 is 20.6 Å². The highest BCUT2D eigenvalue weighted by Crippen LogP contribution is 2.16. The lowest BCUT2D eigenvalue weighted by Gasteiger charge is -2.21. The van der Waals surface area contributed by atoms with Gasteiger partial charge in [0.1, 0.15) is 6.10 Å². The molecule has 5 nitrogen and oxygen atoms in total. The van der Waals surface area contributed by atoms with Crippen molar-refractivity contribution in [2.45, 2.75) is 257 Å². The van der Waals surface area contributed by atoms with E-state index in [2.05, 4.69) is 19.2 Å². The van der Waals surface area contributed by atoms with Gasteiger partial charge in [-0.2, -0.15) is 0 Å². The van der Waals surface area contributed by atoms with Crippen LogP contribution in [0.15, 0.2) is 12.2 Å². The molecule has 0 heterocycles. The summed E-state index contributed by atoms with van der Waals surface area (Å²) in [5.74, 6) is -0.500. The molecule has 0 radical (unpaired) electrons. The van der Waals surface area contributed by atoms with Crippen LogP contribution in [0.5, 0.6) is 0 Å². The van der Waals surface area contributed by atoms with Gasteiger partial charge in [0.2, 0.25) is 5.91 Å². The van der Waals surface area contributed by atoms with Gasteiger partial charge in [0.15, 0.2) is 0 Å². The van der Waals surface area contributed by atoms with Crippen LogP contribution in [0, 0.1) is 0 Å². The standard InChI is InChI=1S/C44H87NO4/c1-3-5-7-9-11-13-15-17-18-19-20-21-22-23-24-25-26-27-29-31-33-35-37-39-43(48)44(49)45-41(40-46)42(47)38-36-34-32-30-28-16-14-12-10-8-6-4-2/h36,38,41-43,46-48H,3-35,37,39-40H2,1-2H3,(H,45,49)/b38-36+. The Kier molecular flexibility index (Phi) is 39.1. The fourth-order valence-corrected chi connectivity index (χ4v) is 6.89. The minimum absolute atomic E-state index is 0.359. The Morgan fingerprint density at radius 1 is 0.490 bits per heavy atom. The van der Waals surface area contributed by atoms with Crippen LogP contribution in [0.3, 0.4) is 0 Å². The minimum Gasteiger partial charge on any atom is -0.394 e. The first kappa shape index (κ1) is 48.1. The molecule has 0 rings (SSSR count). The normalized spacial score (nSPS) is 13.7. The molecule has 0 aromatic carbocycles. The minimum atomic E-state index is -1.09. The lowest BCUT2D eigenvalue weighted by molar-refractivity contribution is -0.131. The SMILES string of the molecule is CCCCCCCCCCCC/C=C/C(O)C(CO)NC(=O)C(O)CCCCCCCCCCCCCCCCCCCCCCCCC. The van der Waals surface area contributed by atoms with E-state index in [-0.39, 0.29) is 6.61 Å². The van der Waals surface area contributed by atoms with Crippen LogP contribution >= 0.6 is 0 Å². The summed E-state index contributed by atoms with van der Waals surface area (Å²) in [6.07, 6.45) is 46.8. The van der Waals surface area contributed by atoms with Crippen molar-refractivity contribution in [1.82, 2.24) is 5.32 Å². The molecule has 0 spiro atoms. The van der Waals surface area contributed by atoms with Crippen molar-refractivity contribution < 1.29 is 20.1 Å². The Labute approximate surface area is 306 Å². The molecule has 0 aliphatic heterocycles. The summed E-state index contributed by atoms with van der Waals surface area (Å²) < 4.78 is 0. The van der Waals surface area contributed by atoms with Crippen molar-refractivity contribution in [2.24, 2.45) is 0 Å². The Balaban J connectivity index is 3.58. The molecule has 49 heavy (non-hydrogen) atoms. The van der Waals surface area contributed by atoms with Crippen LogP contribution in [-0.2, 0) is 4.79 Å². The molecule has 5 heteroatoms. The van der Waals surface area contributed by atoms with Crippen LogP contribution < -0.4 is 5.32 Å². The first-order chi connectivity index (χ1) is 24.1. The van der Waals surface area contributed by atoms with Gasteiger partial charge in [0.05, 0.1) is 18.8 Å². The molecule has 0 fully saturated rings. The summed E-state index contributed by atoms with van der Waals surface area (Å²) in [5, 5.41) is 33.1. The zero-order chi connectivity index (χ0) is 35.9. The van der Waals surface area contributed by atoms with Gasteiger partial charge in [-0.05, 0) is 19.3 Å². The number of hydrogen-bond acceptors (Lipinski definition) is 4. The van der Waals surface area contributed by atoms with Gasteiger partial charge in [-0.15, -0.1) is 0 Å². The van der Waals surface area contributed by atoms with E-state index in [1.165, 1.54) is 186 Å². The summed E-state index contributed by atoms with van der Waals surface area (Å²) >= 11 is 0. The van der Waals surface area contributed by atoms with Gasteiger partial charge in [-0.3, -0.25) is 4.79 Å². The van der Waals surface area contributed by atoms with E-state index in [4.69, 9.17) is 0 Å². The maximum absolute atomic E-state index is 12.4. The predicted octanol–water partition coefficient (Wildman–Crippen LogP) is 12.4. The van der Waals surface area contributed by atoms with Crippen molar-refractivity contribution in [3.8, 4) is 0 Å². The first-order valence-corrected chi connectivity index (χ1v) is 22.0. The van der Waals surface area contributed by atoms with E-state index in [9.17, 15) is 20.1 Å². The summed E-state index contributed by atoms with van der Waals surface area (Å²) in [7, 11) is 0. The Morgan fingerprint density at radius 3 is 1.12 bits per heavy atom. The van der Waals surface area contributed by atoms with Crippen LogP contribution in [0.2, 0.25) is 0 Å². The molecule has 4 N–H and O–H groups in total. The van der Waals surface area contributed by atoms with Gasteiger partial charge in [-0.25, -0.2) is 0 Å². The number of carbonyl (C=O) groups is 1. The van der Waals surface area contributed by atoms with Gasteiger partial charge in [-0.1, -0.05) is 231 Å². The molecule has 0 bridgehead atoms. The van der Waals surface area contributed by atoms with E-state index in [0.29, 0.717) is 6.42 Å². The molecule has 0 aliphatic carbocycles. The monoisotopic (exact) mass is 694 g/mol. The van der Waals surface area contributed by atoms with Gasteiger partial charge in [0, 0.05) is 0 Å². The largest absolute Gasteiger partial charge is 0.394 e. The summed E-state index contributed by atoms with van der Waals surface area (Å²) in [4.78, 5) is 12.4. The second kappa shape index (κ2) is 39.9. The quantitative estimate of drug-likeness (QED) is 0.0380. The Bertz CT molecular complexity index is 684. The van der Waals surface area contributed by atoms with Gasteiger partial charge in [0.25, 0.3) is 0 Å². The van der Waals surface area contributed by atoms with E-state index in [1.54, 1.807) is 6.08 Å². The van der Waals surface area contributed by atoms with E-state index < -0.39 is 24.2 Å². The maximum atomic E-state index is 12.4. The number of unbranched alkanes of at least 4 members (excludes halogenated alkanes) is 32. The predicted molar refractivity (Wildman–Crippen MR) is 213 cm³/mol. The number of amides is 1. The molecule has 0 aliphatic rings. The smallest absolute Gasteiger partial charge is 0.249 e. The van der Waals surface area contributed by atoms with Crippen molar-refractivity contribution in [2.75, 3.05) is 6.61 Å². The van der Waals surface area contributed by atoms with E-state index >= 15 is 0 Å². The van der Waals surface area contributed by atoms with Crippen molar-refractivity contribution in [3.63, 3.8) is 0 Å². The molecule has 0 saturated carbocycles. The molecule has 1 amide bonds. The Hall–Kier alpha value is -0.910. The number of aliphatic hydroxyl groups is 3. The number of nitrogens with one attached hydrogen (secondary N) is 1. The molecule has 0 aromatic heterocycles. The van der Waals surface area contributed by atoms with Crippen molar-refractivity contribution in [1.29, 1.82) is 0 Å². The molecule has 0 saturated heterocycles. The molecule has 3 atom stereocenters. The van der Waals surface area contributed by atoms with E-state index in [1.807, 2.05) is 6.08 Å². The number of carbonyl (C=O) groups excluding carboxylic acids is 1. The fourth-order valence-electron chi connectivity index (χ4n) is 6.89. The summed E-state index contributed by atoms with van der Waals surface area (Å²) in [6.45, 7) is 4.18. The van der Waals surface area contributed by atoms with Crippen LogP contribution in [0.4, 0.5) is 0 Å². The average molecular weight is 694 g/mol. The number of allylic oxidation sites excluding steroid dienone is 1. The number of aliphatic hydroxyl groups excluding tert-OH is 3. The zero-order valence-corrected chi connectivity index (χ0v) is 33.1. The third-order valence-corrected chi connectivity index (χ3v) is 10.4. The fraction of sp³-hybridized carbons (Fsp3) is 0.932. The maximum Gasteiger partial charge on any atom is 0.249 e. The average Bonchev–Trinajstić information content (AvgIpc) is 3.11. The van der Waals surface area contributed by atoms with Gasteiger partial charge >= 0.3 is 0 Å². The second-order valence-corrected chi connectivity index (χ2v) is 15.3. The molecule has 3 unspecified atom stereocenters. The Morgan fingerprint density at radius 2 is 0.796 bits per heavy atom. The van der Waals surface area contributed by atoms with Crippen LogP contribution in [-0.4, -0.2) is 46.1 Å². The van der Waals surface area contributed by atoms with Crippen molar-refractivity contribution >= 4 is 5.91 Å². The summed E-state index contributed by atoms with van der Waals surface area (Å²) in [5.41, 5.74) is 0. The number of hydrogen-bond donors (Lipinski definition) is 4. The van der Waals surface area contributed by atoms with Crippen LogP contribution in [0.1, 0.15) is 239 Å². The highest BCUT2D eigenvalue weighted by molar-refractivity contribution is 5.80. The lowest BCUT2D eigenvalue weighted by Crippen LogP contribution is -2.48. The highest BCUT2D eigenvalue weighted by Gasteiger charge is 2.22.